The van der Waals surface area contributed by atoms with E-state index in [2.05, 4.69) is 10.1 Å². The Balaban J connectivity index is 1.61. The van der Waals surface area contributed by atoms with E-state index >= 15 is 0 Å². The SMILES string of the molecule is O=C(C1CCCc2nn(Cc3cncc(Cl)c3)c(=O)n21)N1CC(F)(F)C1. The van der Waals surface area contributed by atoms with Crippen LogP contribution in [0.3, 0.4) is 0 Å². The standard InChI is InChI=1S/C16H16ClF2N5O2/c17-11-4-10(5-20-6-11)7-23-15(26)24-12(2-1-3-13(24)21-23)14(25)22-8-16(18,19)9-22/h4-6,12H,1-3,7-9H2. The maximum Gasteiger partial charge on any atom is 0.346 e. The summed E-state index contributed by atoms with van der Waals surface area (Å²) in [6.45, 7) is -1.00. The third kappa shape index (κ3) is 3.00. The number of fused-ring (bicyclic) bond motifs is 1. The Morgan fingerprint density at radius 3 is 2.81 bits per heavy atom. The third-order valence-electron chi connectivity index (χ3n) is 4.67. The molecule has 2 aromatic rings. The molecule has 7 nitrogen and oxygen atoms in total. The van der Waals surface area contributed by atoms with Crippen LogP contribution in [0.4, 0.5) is 8.78 Å². The van der Waals surface area contributed by atoms with Crippen LogP contribution in [0.2, 0.25) is 5.02 Å². The zero-order valence-corrected chi connectivity index (χ0v) is 14.5. The molecule has 1 fully saturated rings. The Bertz CT molecular complexity index is 918. The summed E-state index contributed by atoms with van der Waals surface area (Å²) >= 11 is 5.91. The zero-order chi connectivity index (χ0) is 18.5. The van der Waals surface area contributed by atoms with Gasteiger partial charge < -0.3 is 4.90 Å². The van der Waals surface area contributed by atoms with Crippen molar-refractivity contribution in [2.45, 2.75) is 37.8 Å². The van der Waals surface area contributed by atoms with E-state index in [0.717, 1.165) is 4.90 Å². The number of amides is 1. The van der Waals surface area contributed by atoms with Crippen molar-refractivity contribution in [3.05, 3.63) is 45.4 Å². The van der Waals surface area contributed by atoms with E-state index in [1.165, 1.54) is 15.4 Å². The Labute approximate surface area is 152 Å². The van der Waals surface area contributed by atoms with E-state index in [1.54, 1.807) is 12.3 Å². The van der Waals surface area contributed by atoms with Crippen LogP contribution in [-0.4, -0.2) is 49.2 Å². The Kier molecular flexibility index (Phi) is 4.06. The summed E-state index contributed by atoms with van der Waals surface area (Å²) in [6, 6.07) is 0.915. The quantitative estimate of drug-likeness (QED) is 0.805. The largest absolute Gasteiger partial charge is 0.346 e. The van der Waals surface area contributed by atoms with E-state index in [9.17, 15) is 18.4 Å². The Hall–Kier alpha value is -2.29. The molecule has 0 radical (unpaired) electrons. The van der Waals surface area contributed by atoms with Crippen LogP contribution in [0, 0.1) is 0 Å². The van der Waals surface area contributed by atoms with Crippen molar-refractivity contribution >= 4 is 17.5 Å². The van der Waals surface area contributed by atoms with Gasteiger partial charge in [-0.25, -0.2) is 18.3 Å². The van der Waals surface area contributed by atoms with Gasteiger partial charge in [0.15, 0.2) is 0 Å². The molecule has 1 saturated heterocycles. The van der Waals surface area contributed by atoms with Gasteiger partial charge in [-0.1, -0.05) is 11.6 Å². The molecule has 2 aliphatic heterocycles. The summed E-state index contributed by atoms with van der Waals surface area (Å²) in [7, 11) is 0. The minimum Gasteiger partial charge on any atom is -0.329 e. The van der Waals surface area contributed by atoms with Crippen LogP contribution < -0.4 is 5.69 Å². The van der Waals surface area contributed by atoms with E-state index < -0.39 is 36.7 Å². The molecule has 1 amide bonds. The second kappa shape index (κ2) is 6.15. The molecule has 2 aliphatic rings. The maximum atomic E-state index is 13.1. The Morgan fingerprint density at radius 2 is 2.12 bits per heavy atom. The number of carbonyl (C=O) groups is 1. The second-order valence-electron chi connectivity index (χ2n) is 6.70. The summed E-state index contributed by atoms with van der Waals surface area (Å²) in [5.74, 6) is -2.77. The average Bonchev–Trinajstić information content (AvgIpc) is 2.88. The molecule has 10 heteroatoms. The van der Waals surface area contributed by atoms with Gasteiger partial charge in [0.05, 0.1) is 24.7 Å². The number of pyridine rings is 1. The lowest BCUT2D eigenvalue weighted by molar-refractivity contribution is -0.169. The van der Waals surface area contributed by atoms with Crippen LogP contribution >= 0.6 is 11.6 Å². The predicted octanol–water partition coefficient (Wildman–Crippen LogP) is 1.50. The van der Waals surface area contributed by atoms with Gasteiger partial charge in [0.2, 0.25) is 5.91 Å². The van der Waals surface area contributed by atoms with Gasteiger partial charge in [0, 0.05) is 18.8 Å². The highest BCUT2D eigenvalue weighted by Gasteiger charge is 2.48. The molecule has 0 aliphatic carbocycles. The van der Waals surface area contributed by atoms with Crippen molar-refractivity contribution in [2.75, 3.05) is 13.1 Å². The maximum absolute atomic E-state index is 13.1. The molecule has 0 bridgehead atoms. The first kappa shape index (κ1) is 17.1. The smallest absolute Gasteiger partial charge is 0.329 e. The van der Waals surface area contributed by atoms with Gasteiger partial charge >= 0.3 is 5.69 Å². The number of nitrogens with zero attached hydrogens (tertiary/aromatic N) is 5. The van der Waals surface area contributed by atoms with Crippen LogP contribution in [0.25, 0.3) is 0 Å². The first-order valence-electron chi connectivity index (χ1n) is 8.28. The molecular weight excluding hydrogens is 368 g/mol. The van der Waals surface area contributed by atoms with Crippen molar-refractivity contribution in [3.8, 4) is 0 Å². The summed E-state index contributed by atoms with van der Waals surface area (Å²) in [6.07, 6.45) is 4.76. The minimum atomic E-state index is -2.83. The molecule has 1 unspecified atom stereocenters. The fraction of sp³-hybridized carbons (Fsp3) is 0.500. The molecule has 0 spiro atoms. The molecule has 0 aromatic carbocycles. The average molecular weight is 384 g/mol. The third-order valence-corrected chi connectivity index (χ3v) is 4.87. The number of halogens is 3. The number of aryl methyl sites for hydroxylation is 1. The number of hydrogen-bond donors (Lipinski definition) is 0. The van der Waals surface area contributed by atoms with Gasteiger partial charge in [0.1, 0.15) is 11.9 Å². The molecule has 2 aromatic heterocycles. The van der Waals surface area contributed by atoms with E-state index in [4.69, 9.17) is 11.6 Å². The van der Waals surface area contributed by atoms with Crippen molar-refractivity contribution in [3.63, 3.8) is 0 Å². The molecule has 4 rings (SSSR count). The lowest BCUT2D eigenvalue weighted by atomic mass is 10.0. The molecule has 0 N–H and O–H groups in total. The topological polar surface area (TPSA) is 73.0 Å². The fourth-order valence-electron chi connectivity index (χ4n) is 3.46. The molecular formula is C16H16ClF2N5O2. The van der Waals surface area contributed by atoms with Gasteiger partial charge in [-0.2, -0.15) is 5.10 Å². The summed E-state index contributed by atoms with van der Waals surface area (Å²) in [5.41, 5.74) is 0.283. The predicted molar refractivity (Wildman–Crippen MR) is 88.3 cm³/mol. The fourth-order valence-corrected chi connectivity index (χ4v) is 3.66. The lowest BCUT2D eigenvalue weighted by Crippen LogP contribution is -2.60. The summed E-state index contributed by atoms with van der Waals surface area (Å²) in [4.78, 5) is 30.4. The van der Waals surface area contributed by atoms with E-state index in [-0.39, 0.29) is 6.54 Å². The van der Waals surface area contributed by atoms with Gasteiger partial charge in [0.25, 0.3) is 5.92 Å². The van der Waals surface area contributed by atoms with Crippen molar-refractivity contribution in [2.24, 2.45) is 0 Å². The summed E-state index contributed by atoms with van der Waals surface area (Å²) < 4.78 is 28.8. The van der Waals surface area contributed by atoms with Crippen molar-refractivity contribution in [1.29, 1.82) is 0 Å². The molecule has 1 atom stereocenters. The van der Waals surface area contributed by atoms with E-state index in [1.807, 2.05) is 0 Å². The minimum absolute atomic E-state index is 0.176. The van der Waals surface area contributed by atoms with Crippen LogP contribution in [0.15, 0.2) is 23.3 Å². The van der Waals surface area contributed by atoms with Gasteiger partial charge in [-0.15, -0.1) is 0 Å². The monoisotopic (exact) mass is 383 g/mol. The molecule has 4 heterocycles. The first-order chi connectivity index (χ1) is 12.3. The van der Waals surface area contributed by atoms with Crippen molar-refractivity contribution < 1.29 is 13.6 Å². The van der Waals surface area contributed by atoms with Crippen LogP contribution in [0.1, 0.15) is 30.3 Å². The number of alkyl halides is 2. The second-order valence-corrected chi connectivity index (χ2v) is 7.13. The number of likely N-dealkylation sites (tertiary alicyclic amines) is 1. The first-order valence-corrected chi connectivity index (χ1v) is 8.66. The number of hydrogen-bond acceptors (Lipinski definition) is 4. The number of rotatable bonds is 3. The highest BCUT2D eigenvalue weighted by atomic mass is 35.5. The van der Waals surface area contributed by atoms with Crippen LogP contribution in [0.5, 0.6) is 0 Å². The highest BCUT2D eigenvalue weighted by Crippen LogP contribution is 2.31. The van der Waals surface area contributed by atoms with Crippen molar-refractivity contribution in [1.82, 2.24) is 24.2 Å². The zero-order valence-electron chi connectivity index (χ0n) is 13.7. The van der Waals surface area contributed by atoms with Gasteiger partial charge in [-0.3, -0.25) is 14.3 Å². The number of aromatic nitrogens is 4. The van der Waals surface area contributed by atoms with Crippen LogP contribution in [-0.2, 0) is 17.8 Å². The Morgan fingerprint density at radius 1 is 1.35 bits per heavy atom. The van der Waals surface area contributed by atoms with Gasteiger partial charge in [-0.05, 0) is 24.5 Å². The summed E-state index contributed by atoms with van der Waals surface area (Å²) in [5, 5.41) is 4.77. The highest BCUT2D eigenvalue weighted by molar-refractivity contribution is 6.30. The normalized spacial score (nSPS) is 21.2. The number of carbonyl (C=O) groups excluding carboxylic acids is 1. The lowest BCUT2D eigenvalue weighted by Gasteiger charge is -2.41. The molecule has 26 heavy (non-hydrogen) atoms. The molecule has 138 valence electrons. The van der Waals surface area contributed by atoms with E-state index in [0.29, 0.717) is 35.7 Å². The molecule has 0 saturated carbocycles.